The van der Waals surface area contributed by atoms with Crippen LogP contribution in [-0.4, -0.2) is 159 Å². The predicted octanol–water partition coefficient (Wildman–Crippen LogP) is 0.740. The van der Waals surface area contributed by atoms with Crippen molar-refractivity contribution >= 4 is 97.4 Å². The summed E-state index contributed by atoms with van der Waals surface area (Å²) in [6.45, 7) is 2.60. The second kappa shape index (κ2) is 16.9. The molecule has 2 fully saturated rings. The number of ketones is 2. The number of hydrogen-bond donors (Lipinski definition) is 0. The first-order chi connectivity index (χ1) is 23.2. The lowest BCUT2D eigenvalue weighted by Gasteiger charge is -2.34. The molecule has 0 aromatic rings. The Morgan fingerprint density at radius 1 is 0.608 bits per heavy atom. The van der Waals surface area contributed by atoms with Crippen molar-refractivity contribution in [1.82, 2.24) is 19.6 Å². The average molecular weight is 837 g/mol. The largest absolute Gasteiger partial charge is 0.342 e. The molecule has 0 saturated carbocycles. The number of Topliss-reactive ketones (excluding diaryl/α,β-unsaturated/α-hetero) is 2. The predicted molar refractivity (Wildman–Crippen MR) is 200 cm³/mol. The van der Waals surface area contributed by atoms with E-state index in [1.807, 2.05) is 6.92 Å². The normalized spacial score (nSPS) is 16.9. The first kappa shape index (κ1) is 45.0. The molecule has 2 aliphatic heterocycles. The molecule has 0 aromatic heterocycles. The number of carbonyl (C=O) groups excluding carboxylic acids is 4. The minimum Gasteiger partial charge on any atom is -0.342 e. The highest BCUT2D eigenvalue weighted by atomic mass is 32.3. The van der Waals surface area contributed by atoms with Crippen molar-refractivity contribution in [3.05, 3.63) is 0 Å². The Kier molecular flexibility index (Phi) is 14.9. The first-order valence-corrected chi connectivity index (χ1v) is 24.6. The molecule has 22 heteroatoms. The van der Waals surface area contributed by atoms with Crippen molar-refractivity contribution in [2.45, 2.75) is 79.8 Å². The number of thiocarbonyl (C=S) groups is 2. The van der Waals surface area contributed by atoms with Crippen LogP contribution in [0.2, 0.25) is 0 Å². The molecule has 292 valence electrons. The average Bonchev–Trinajstić information content (AvgIpc) is 3.41. The van der Waals surface area contributed by atoms with Crippen LogP contribution in [0.25, 0.3) is 0 Å². The van der Waals surface area contributed by atoms with Gasteiger partial charge in [-0.1, -0.05) is 12.2 Å². The van der Waals surface area contributed by atoms with Crippen LogP contribution < -0.4 is 0 Å². The summed E-state index contributed by atoms with van der Waals surface area (Å²) in [5, 5.41) is 0.221. The number of hydrogen-bond acceptors (Lipinski definition) is 14. The fourth-order valence-electron chi connectivity index (χ4n) is 6.24. The van der Waals surface area contributed by atoms with E-state index in [9.17, 15) is 52.8 Å². The molecule has 0 unspecified atom stereocenters. The highest BCUT2D eigenvalue weighted by Gasteiger charge is 2.55. The number of nitrogens with zero attached hydrogens (tertiary/aromatic N) is 4. The molecule has 51 heavy (non-hydrogen) atoms. The van der Waals surface area contributed by atoms with Crippen molar-refractivity contribution in [3.8, 4) is 0 Å². The number of imide groups is 1. The van der Waals surface area contributed by atoms with E-state index in [2.05, 4.69) is 0 Å². The number of likely N-dealkylation sites (N-methyl/N-ethyl adjacent to an activating group) is 2. The smallest absolute Gasteiger partial charge is 0.327 e. The minimum absolute atomic E-state index is 0.0774. The number of carbonyl (C=O) groups is 4. The third-order valence-electron chi connectivity index (χ3n) is 9.46. The van der Waals surface area contributed by atoms with Crippen molar-refractivity contribution in [2.24, 2.45) is 0 Å². The Bertz CT molecular complexity index is 1660. The van der Waals surface area contributed by atoms with E-state index >= 15 is 0 Å². The van der Waals surface area contributed by atoms with E-state index in [0.29, 0.717) is 24.0 Å². The molecule has 0 atom stereocenters. The zero-order valence-corrected chi connectivity index (χ0v) is 34.6. The Labute approximate surface area is 312 Å². The van der Waals surface area contributed by atoms with E-state index in [1.165, 1.54) is 4.90 Å². The molecule has 0 bridgehead atoms. The maximum atomic E-state index is 13.0. The Balaban J connectivity index is 2.02. The van der Waals surface area contributed by atoms with Gasteiger partial charge in [-0.3, -0.25) is 19.3 Å². The zero-order valence-electron chi connectivity index (χ0n) is 29.7. The van der Waals surface area contributed by atoms with Gasteiger partial charge in [0.1, 0.15) is 23.1 Å². The van der Waals surface area contributed by atoms with Crippen molar-refractivity contribution in [3.63, 3.8) is 0 Å². The van der Waals surface area contributed by atoms with Gasteiger partial charge in [-0.2, -0.15) is 0 Å². The van der Waals surface area contributed by atoms with Gasteiger partial charge in [0.15, 0.2) is 52.6 Å². The summed E-state index contributed by atoms with van der Waals surface area (Å²) in [6, 6.07) is -0.804. The zero-order chi connectivity index (χ0) is 39.4. The summed E-state index contributed by atoms with van der Waals surface area (Å²) < 4.78 is 99.1. The minimum atomic E-state index is -4.42. The van der Waals surface area contributed by atoms with E-state index < -0.39 is 85.4 Å². The molecule has 2 rings (SSSR count). The van der Waals surface area contributed by atoms with Gasteiger partial charge in [0.2, 0.25) is 5.91 Å². The summed E-state index contributed by atoms with van der Waals surface area (Å²) in [6.07, 6.45) is 1.35. The van der Waals surface area contributed by atoms with Crippen LogP contribution in [-0.2, 0) is 53.7 Å². The second-order valence-electron chi connectivity index (χ2n) is 13.1. The molecule has 0 aromatic carbocycles. The lowest BCUT2D eigenvalue weighted by atomic mass is 10.0. The molecule has 0 spiro atoms. The van der Waals surface area contributed by atoms with Crippen LogP contribution in [0.1, 0.15) is 71.6 Å². The summed E-state index contributed by atoms with van der Waals surface area (Å²) in [5.41, 5.74) is 0. The Hall–Kier alpha value is -2.14. The number of amides is 3. The van der Waals surface area contributed by atoms with Crippen molar-refractivity contribution < 1.29 is 52.8 Å². The molecule has 2 saturated heterocycles. The summed E-state index contributed by atoms with van der Waals surface area (Å²) in [5.74, 6) is -1.45. The van der Waals surface area contributed by atoms with Gasteiger partial charge in [0.25, 0.3) is 0 Å². The topological polar surface area (TPSA) is 218 Å². The van der Waals surface area contributed by atoms with Gasteiger partial charge in [-0.15, -0.1) is 0 Å². The molecule has 16 nitrogen and oxygen atoms in total. The van der Waals surface area contributed by atoms with E-state index in [-0.39, 0.29) is 86.2 Å². The van der Waals surface area contributed by atoms with E-state index in [0.717, 1.165) is 17.4 Å². The molecule has 3 amide bonds. The lowest BCUT2D eigenvalue weighted by Crippen LogP contribution is -2.55. The molecular weight excluding hydrogens is 789 g/mol. The van der Waals surface area contributed by atoms with E-state index in [1.54, 1.807) is 11.8 Å². The Morgan fingerprint density at radius 3 is 1.31 bits per heavy atom. The second-order valence-corrected chi connectivity index (χ2v) is 23.8. The third kappa shape index (κ3) is 10.1. The van der Waals surface area contributed by atoms with Crippen LogP contribution >= 0.6 is 24.4 Å². The van der Waals surface area contributed by atoms with Crippen LogP contribution in [0, 0.1) is 0 Å². The summed E-state index contributed by atoms with van der Waals surface area (Å²) >= 11 is 10.8. The van der Waals surface area contributed by atoms with Crippen LogP contribution in [0.3, 0.4) is 0 Å². The highest BCUT2D eigenvalue weighted by Crippen LogP contribution is 2.34. The van der Waals surface area contributed by atoms with Crippen molar-refractivity contribution in [2.75, 3.05) is 64.3 Å². The summed E-state index contributed by atoms with van der Waals surface area (Å²) in [4.78, 5) is 55.6. The quantitative estimate of drug-likeness (QED) is 0.109. The fourth-order valence-corrected chi connectivity index (χ4v) is 14.9. The van der Waals surface area contributed by atoms with Gasteiger partial charge >= 0.3 is 6.03 Å². The van der Waals surface area contributed by atoms with Crippen LogP contribution in [0.4, 0.5) is 4.79 Å². The van der Waals surface area contributed by atoms with Crippen molar-refractivity contribution in [1.29, 1.82) is 0 Å². The maximum Gasteiger partial charge on any atom is 0.327 e. The third-order valence-corrected chi connectivity index (χ3v) is 20.7. The maximum absolute atomic E-state index is 13.0. The molecule has 2 aliphatic rings. The number of sulfone groups is 4. The van der Waals surface area contributed by atoms with Gasteiger partial charge in [0.05, 0.1) is 19.6 Å². The van der Waals surface area contributed by atoms with Gasteiger partial charge in [-0.25, -0.2) is 38.5 Å². The first-order valence-electron chi connectivity index (χ1n) is 16.2. The number of urea groups is 1. The molecule has 0 N–H and O–H groups in total. The SMILES string of the molecule is CCN1CC(=O)N(CC(CCCC(=O)CCCC(=O)CCCC(CN2C(=S)CN(CC)C2=S)(S(C)(=O)=O)S(C)(=O)=O)(S(C)(=O)=O)S(C)(=O)=O)C1=O. The highest BCUT2D eigenvalue weighted by molar-refractivity contribution is 8.10. The van der Waals surface area contributed by atoms with Gasteiger partial charge in [0, 0.05) is 63.8 Å². The van der Waals surface area contributed by atoms with E-state index in [4.69, 9.17) is 24.4 Å². The molecule has 0 radical (unpaired) electrons. The monoisotopic (exact) mass is 836 g/mol. The lowest BCUT2D eigenvalue weighted by molar-refractivity contribution is -0.125. The number of rotatable bonds is 22. The van der Waals surface area contributed by atoms with Crippen LogP contribution in [0.15, 0.2) is 0 Å². The van der Waals surface area contributed by atoms with Crippen LogP contribution in [0.5, 0.6) is 0 Å². The van der Waals surface area contributed by atoms with Gasteiger partial charge < -0.3 is 14.7 Å². The molecule has 2 heterocycles. The van der Waals surface area contributed by atoms with Gasteiger partial charge in [-0.05, 0) is 58.2 Å². The Morgan fingerprint density at radius 2 is 0.980 bits per heavy atom. The summed E-state index contributed by atoms with van der Waals surface area (Å²) in [7, 11) is -17.4. The molecule has 0 aliphatic carbocycles. The fraction of sp³-hybridized carbons (Fsp3) is 0.793. The molecular formula is C29H48N4O12S6. The standard InChI is InChI=1S/C29H48N4O12S6/c1-7-30-18-24(36)32(26(30)37)20-28(48(3,38)39,49(4,40)41)16-10-14-22(34)12-9-13-23(35)15-11-17-29(50(5,42)43,51(6,44)45)21-33-25(46)19-31(8-2)27(33)47/h7-21H2,1-6H3.